The summed E-state index contributed by atoms with van der Waals surface area (Å²) in [4.78, 5) is 33.8. The van der Waals surface area contributed by atoms with Gasteiger partial charge in [-0.05, 0) is 37.5 Å². The third kappa shape index (κ3) is 6.12. The first-order chi connectivity index (χ1) is 17.7. The van der Waals surface area contributed by atoms with Crippen LogP contribution in [0.4, 0.5) is 18.0 Å². The Morgan fingerprint density at radius 3 is 2.49 bits per heavy atom. The zero-order valence-electron chi connectivity index (χ0n) is 20.8. The van der Waals surface area contributed by atoms with Crippen molar-refractivity contribution in [2.24, 2.45) is 10.9 Å². The first-order valence-corrected chi connectivity index (χ1v) is 12.3. The number of nitrogens with zero attached hydrogens (tertiary/aromatic N) is 3. The fourth-order valence-electron chi connectivity index (χ4n) is 4.93. The first kappa shape index (κ1) is 26.7. The molecule has 2 aromatic rings. The molecule has 0 radical (unpaired) electrons. The second-order valence-electron chi connectivity index (χ2n) is 9.19. The summed E-state index contributed by atoms with van der Waals surface area (Å²) in [5, 5.41) is 0. The van der Waals surface area contributed by atoms with Gasteiger partial charge in [-0.2, -0.15) is 13.2 Å². The normalized spacial score (nSPS) is 22.5. The van der Waals surface area contributed by atoms with E-state index in [4.69, 9.17) is 9.47 Å². The van der Waals surface area contributed by atoms with Crippen LogP contribution in [0.15, 0.2) is 59.6 Å². The number of ether oxygens (including phenoxy) is 2. The third-order valence-electron chi connectivity index (χ3n) is 6.68. The molecule has 2 heterocycles. The Kier molecular flexibility index (Phi) is 8.16. The van der Waals surface area contributed by atoms with E-state index in [1.54, 1.807) is 13.8 Å². The van der Waals surface area contributed by atoms with Gasteiger partial charge in [0.1, 0.15) is 18.7 Å². The molecule has 4 rings (SSSR count). The zero-order chi connectivity index (χ0) is 26.6. The molecule has 198 valence electrons. The summed E-state index contributed by atoms with van der Waals surface area (Å²) < 4.78 is 52.8. The number of esters is 1. The molecule has 2 aliphatic heterocycles. The van der Waals surface area contributed by atoms with Gasteiger partial charge in [0.05, 0.1) is 18.2 Å². The van der Waals surface area contributed by atoms with Crippen LogP contribution in [-0.4, -0.2) is 60.0 Å². The largest absolute Gasteiger partial charge is 0.465 e. The highest BCUT2D eigenvalue weighted by molar-refractivity contribution is 6.03. The molecule has 1 fully saturated rings. The van der Waals surface area contributed by atoms with Gasteiger partial charge in [0.15, 0.2) is 0 Å². The summed E-state index contributed by atoms with van der Waals surface area (Å²) >= 11 is 0. The summed E-state index contributed by atoms with van der Waals surface area (Å²) in [5.41, 5.74) is 0.323. The molecule has 7 nitrogen and oxygen atoms in total. The van der Waals surface area contributed by atoms with Crippen LogP contribution < -0.4 is 0 Å². The second-order valence-corrected chi connectivity index (χ2v) is 9.19. The zero-order valence-corrected chi connectivity index (χ0v) is 20.8. The van der Waals surface area contributed by atoms with Gasteiger partial charge in [0, 0.05) is 25.3 Å². The van der Waals surface area contributed by atoms with E-state index < -0.39 is 41.9 Å². The van der Waals surface area contributed by atoms with E-state index in [1.165, 1.54) is 18.2 Å². The second kappa shape index (κ2) is 11.3. The molecular formula is C27H30F3N3O4. The van der Waals surface area contributed by atoms with Crippen LogP contribution in [0.25, 0.3) is 0 Å². The Bertz CT molecular complexity index is 1140. The number of amides is 1. The number of carbonyl (C=O) groups excluding carboxylic acids is 2. The highest BCUT2D eigenvalue weighted by atomic mass is 19.4. The van der Waals surface area contributed by atoms with E-state index in [-0.39, 0.29) is 18.8 Å². The summed E-state index contributed by atoms with van der Waals surface area (Å²) in [6, 6.07) is 13.6. The van der Waals surface area contributed by atoms with Crippen LogP contribution >= 0.6 is 0 Å². The fraction of sp³-hybridized carbons (Fsp3) is 0.444. The van der Waals surface area contributed by atoms with Crippen molar-refractivity contribution in [1.82, 2.24) is 9.80 Å². The summed E-state index contributed by atoms with van der Waals surface area (Å²) in [7, 11) is 0. The number of halogens is 3. The quantitative estimate of drug-likeness (QED) is 0.501. The minimum absolute atomic E-state index is 0.0417. The molecule has 0 aliphatic carbocycles. The number of aliphatic imine (C=N–C) groups is 1. The van der Waals surface area contributed by atoms with E-state index in [2.05, 4.69) is 9.89 Å². The molecule has 0 bridgehead atoms. The minimum Gasteiger partial charge on any atom is -0.465 e. The smallest absolute Gasteiger partial charge is 0.416 e. The highest BCUT2D eigenvalue weighted by Crippen LogP contribution is 2.41. The van der Waals surface area contributed by atoms with Crippen molar-refractivity contribution < 1.29 is 32.2 Å². The van der Waals surface area contributed by atoms with E-state index in [9.17, 15) is 22.8 Å². The Labute approximate surface area is 213 Å². The average molecular weight is 518 g/mol. The van der Waals surface area contributed by atoms with Gasteiger partial charge in [-0.1, -0.05) is 48.5 Å². The van der Waals surface area contributed by atoms with Crippen LogP contribution in [0.2, 0.25) is 0 Å². The van der Waals surface area contributed by atoms with E-state index in [0.717, 1.165) is 23.1 Å². The predicted molar refractivity (Wildman–Crippen MR) is 131 cm³/mol. The number of benzene rings is 2. The molecule has 2 aliphatic rings. The lowest BCUT2D eigenvalue weighted by Gasteiger charge is -2.39. The number of likely N-dealkylation sites (tertiary alicyclic amines) is 1. The Balaban J connectivity index is 1.58. The lowest BCUT2D eigenvalue weighted by atomic mass is 9.85. The minimum atomic E-state index is -4.68. The standard InChI is InChI=1S/C27H30F3N3O4/c1-3-36-25(34)23-18(2)31-17-33(24(23)21-11-7-8-12-22(21)27(28,29)30)26(35)37-20-13-14-32(16-20)15-19-9-5-4-6-10-19/h4-12,20,23-24H,3,13-17H2,1-2H3/t20-,23?,24?/m0/s1. The number of carbonyl (C=O) groups is 2. The average Bonchev–Trinajstić information content (AvgIpc) is 3.30. The third-order valence-corrected chi connectivity index (χ3v) is 6.68. The van der Waals surface area contributed by atoms with Crippen molar-refractivity contribution in [2.75, 3.05) is 26.4 Å². The van der Waals surface area contributed by atoms with Crippen LogP contribution in [0.1, 0.15) is 43.0 Å². The molecule has 0 saturated carbocycles. The number of hydrogen-bond acceptors (Lipinski definition) is 6. The first-order valence-electron chi connectivity index (χ1n) is 12.3. The topological polar surface area (TPSA) is 71.4 Å². The molecule has 0 aromatic heterocycles. The van der Waals surface area contributed by atoms with Crippen molar-refractivity contribution in [3.63, 3.8) is 0 Å². The van der Waals surface area contributed by atoms with E-state index >= 15 is 0 Å². The van der Waals surface area contributed by atoms with Crippen LogP contribution in [0, 0.1) is 5.92 Å². The van der Waals surface area contributed by atoms with Gasteiger partial charge < -0.3 is 9.47 Å². The van der Waals surface area contributed by atoms with Gasteiger partial charge in [0.25, 0.3) is 0 Å². The van der Waals surface area contributed by atoms with Gasteiger partial charge in [-0.15, -0.1) is 0 Å². The lowest BCUT2D eigenvalue weighted by Crippen LogP contribution is -2.49. The highest BCUT2D eigenvalue weighted by Gasteiger charge is 2.47. The van der Waals surface area contributed by atoms with Crippen molar-refractivity contribution in [3.05, 3.63) is 71.3 Å². The van der Waals surface area contributed by atoms with Gasteiger partial charge in [-0.3, -0.25) is 19.6 Å². The molecule has 1 saturated heterocycles. The van der Waals surface area contributed by atoms with Crippen molar-refractivity contribution >= 4 is 17.8 Å². The van der Waals surface area contributed by atoms with Crippen molar-refractivity contribution in [2.45, 2.75) is 45.1 Å². The van der Waals surface area contributed by atoms with Crippen LogP contribution in [0.3, 0.4) is 0 Å². The van der Waals surface area contributed by atoms with Gasteiger partial charge in [0.2, 0.25) is 0 Å². The van der Waals surface area contributed by atoms with Gasteiger partial charge in [-0.25, -0.2) is 4.79 Å². The molecule has 10 heteroatoms. The molecule has 3 atom stereocenters. The summed E-state index contributed by atoms with van der Waals surface area (Å²) in [5.74, 6) is -1.93. The van der Waals surface area contributed by atoms with E-state index in [0.29, 0.717) is 25.2 Å². The maximum Gasteiger partial charge on any atom is 0.416 e. The number of hydrogen-bond donors (Lipinski definition) is 0. The fourth-order valence-corrected chi connectivity index (χ4v) is 4.93. The molecule has 37 heavy (non-hydrogen) atoms. The summed E-state index contributed by atoms with van der Waals surface area (Å²) in [6.45, 7) is 4.91. The maximum atomic E-state index is 14.0. The van der Waals surface area contributed by atoms with Crippen LogP contribution in [0.5, 0.6) is 0 Å². The molecule has 2 unspecified atom stereocenters. The van der Waals surface area contributed by atoms with Crippen molar-refractivity contribution in [1.29, 1.82) is 0 Å². The Morgan fingerprint density at radius 2 is 1.78 bits per heavy atom. The Hall–Kier alpha value is -3.40. The SMILES string of the molecule is CCOC(=O)C1C(C)=NCN(C(=O)O[C@H]2CCN(Cc3ccccc3)C2)C1c1ccccc1C(F)(F)F. The summed E-state index contributed by atoms with van der Waals surface area (Å²) in [6.07, 6.45) is -5.32. The number of alkyl halides is 3. The van der Waals surface area contributed by atoms with Crippen molar-refractivity contribution in [3.8, 4) is 0 Å². The molecule has 1 amide bonds. The lowest BCUT2D eigenvalue weighted by molar-refractivity contribution is -0.149. The number of rotatable bonds is 6. The molecular weight excluding hydrogens is 487 g/mol. The monoisotopic (exact) mass is 517 g/mol. The predicted octanol–water partition coefficient (Wildman–Crippen LogP) is 5.07. The molecule has 0 N–H and O–H groups in total. The van der Waals surface area contributed by atoms with Gasteiger partial charge >= 0.3 is 18.2 Å². The Morgan fingerprint density at radius 1 is 1.08 bits per heavy atom. The molecule has 0 spiro atoms. The van der Waals surface area contributed by atoms with E-state index in [1.807, 2.05) is 30.3 Å². The molecule has 2 aromatic carbocycles. The van der Waals surface area contributed by atoms with Crippen LogP contribution in [-0.2, 0) is 27.0 Å². The maximum absolute atomic E-state index is 14.0.